The Morgan fingerprint density at radius 1 is 0.537 bits per heavy atom. The molecule has 6 bridgehead atoms. The Kier molecular flexibility index (Phi) is 10.7. The number of fused-ring (bicyclic) bond motifs is 6. The molecule has 1 aliphatic heterocycles. The number of hydrogen-bond donors (Lipinski definition) is 3. The van der Waals surface area contributed by atoms with E-state index in [4.69, 9.17) is 0 Å². The van der Waals surface area contributed by atoms with Crippen molar-refractivity contribution in [1.82, 2.24) is 14.7 Å². The van der Waals surface area contributed by atoms with Crippen LogP contribution in [0, 0.1) is 0 Å². The first-order valence-electron chi connectivity index (χ1n) is 15.3. The predicted octanol–water partition coefficient (Wildman–Crippen LogP) is 6.97. The van der Waals surface area contributed by atoms with E-state index in [-0.39, 0.29) is 0 Å². The fourth-order valence-corrected chi connectivity index (χ4v) is 5.93. The smallest absolute Gasteiger partial charge is 0.0344 e. The molecule has 4 rings (SSSR count). The maximum atomic E-state index is 3.43. The van der Waals surface area contributed by atoms with E-state index in [1.165, 1.54) is 50.4 Å². The van der Waals surface area contributed by atoms with E-state index in [0.717, 1.165) is 45.7 Å². The number of benzene rings is 3. The van der Waals surface area contributed by atoms with Gasteiger partial charge < -0.3 is 16.0 Å². The topological polar surface area (TPSA) is 45.8 Å². The fourth-order valence-electron chi connectivity index (χ4n) is 5.93. The van der Waals surface area contributed by atoms with E-state index in [1.807, 2.05) is 21.1 Å². The Bertz CT molecular complexity index is 1290. The van der Waals surface area contributed by atoms with Crippen molar-refractivity contribution in [2.75, 3.05) is 44.1 Å². The Labute approximate surface area is 249 Å². The average Bonchev–Trinajstić information content (AvgIpc) is 2.94. The van der Waals surface area contributed by atoms with Gasteiger partial charge in [-0.25, -0.2) is 0 Å². The second kappa shape index (κ2) is 14.2. The quantitative estimate of drug-likeness (QED) is 0.305. The molecule has 222 valence electrons. The first-order valence-corrected chi connectivity index (χ1v) is 15.3. The van der Waals surface area contributed by atoms with Crippen LogP contribution >= 0.6 is 0 Å². The summed E-state index contributed by atoms with van der Waals surface area (Å²) in [6, 6.07) is 22.0. The van der Waals surface area contributed by atoms with Crippen LogP contribution in [0.2, 0.25) is 0 Å². The van der Waals surface area contributed by atoms with E-state index in [9.17, 15) is 0 Å². The number of nitrogens with zero attached hydrogens (tertiary/aromatic N) is 3. The average molecular weight is 557 g/mol. The molecule has 0 radical (unpaired) electrons. The van der Waals surface area contributed by atoms with Crippen molar-refractivity contribution >= 4 is 17.1 Å². The SMILES string of the molecule is CCC(C)N1Cc2cc(cc(NC)c2)CN(C)Cc2cc(cc(NC)c2)CN(C(C)C)Cc2cc(cc(NC)c2)C1. The Morgan fingerprint density at radius 3 is 1.15 bits per heavy atom. The second-order valence-corrected chi connectivity index (χ2v) is 12.2. The summed E-state index contributed by atoms with van der Waals surface area (Å²) in [4.78, 5) is 7.64. The van der Waals surface area contributed by atoms with Crippen molar-refractivity contribution < 1.29 is 0 Å². The molecule has 1 aliphatic rings. The molecular formula is C35H52N6. The normalized spacial score (nSPS) is 16.6. The van der Waals surface area contributed by atoms with E-state index in [0.29, 0.717) is 12.1 Å². The standard InChI is InChI=1S/C35H52N6/c1-9-26(4)41-23-31-11-28(14-34(17-31)37-6)20-39(8)19-27-10-29(15-33(13-27)36-5)21-40(25(2)3)22-30-12-32(24-41)18-35(16-30)38-7/h10-18,25-26,36-38H,9,19-24H2,1-8H3. The summed E-state index contributed by atoms with van der Waals surface area (Å²) in [5.74, 6) is 0. The van der Waals surface area contributed by atoms with Crippen molar-refractivity contribution in [3.8, 4) is 0 Å². The maximum Gasteiger partial charge on any atom is 0.0344 e. The van der Waals surface area contributed by atoms with E-state index < -0.39 is 0 Å². The van der Waals surface area contributed by atoms with Crippen LogP contribution in [0.3, 0.4) is 0 Å². The largest absolute Gasteiger partial charge is 0.388 e. The van der Waals surface area contributed by atoms with Crippen LogP contribution in [-0.2, 0) is 39.3 Å². The minimum absolute atomic E-state index is 0.426. The van der Waals surface area contributed by atoms with E-state index in [1.54, 1.807) is 0 Å². The molecule has 6 nitrogen and oxygen atoms in total. The molecule has 3 aromatic rings. The summed E-state index contributed by atoms with van der Waals surface area (Å²) in [5.41, 5.74) is 11.6. The van der Waals surface area contributed by atoms with Crippen LogP contribution in [0.1, 0.15) is 67.5 Å². The molecule has 3 N–H and O–H groups in total. The molecule has 1 heterocycles. The fraction of sp³-hybridized carbons (Fsp3) is 0.486. The molecule has 0 fully saturated rings. The van der Waals surface area contributed by atoms with Crippen LogP contribution in [0.25, 0.3) is 0 Å². The van der Waals surface area contributed by atoms with Gasteiger partial charge in [-0.15, -0.1) is 0 Å². The zero-order chi connectivity index (χ0) is 29.5. The Morgan fingerprint density at radius 2 is 0.854 bits per heavy atom. The minimum Gasteiger partial charge on any atom is -0.388 e. The summed E-state index contributed by atoms with van der Waals surface area (Å²) in [6.45, 7) is 14.7. The molecule has 0 amide bonds. The van der Waals surface area contributed by atoms with Crippen LogP contribution in [0.15, 0.2) is 54.6 Å². The van der Waals surface area contributed by atoms with Gasteiger partial charge in [-0.05, 0) is 104 Å². The predicted molar refractivity (Wildman–Crippen MR) is 177 cm³/mol. The van der Waals surface area contributed by atoms with E-state index in [2.05, 4.69) is 120 Å². The van der Waals surface area contributed by atoms with Gasteiger partial charge in [-0.3, -0.25) is 14.7 Å². The van der Waals surface area contributed by atoms with Gasteiger partial charge in [0.25, 0.3) is 0 Å². The summed E-state index contributed by atoms with van der Waals surface area (Å²) >= 11 is 0. The van der Waals surface area contributed by atoms with Crippen LogP contribution in [0.5, 0.6) is 0 Å². The Hall–Kier alpha value is -3.06. The first-order chi connectivity index (χ1) is 19.7. The van der Waals surface area contributed by atoms with Crippen LogP contribution in [0.4, 0.5) is 17.1 Å². The van der Waals surface area contributed by atoms with Gasteiger partial charge in [0.2, 0.25) is 0 Å². The molecule has 0 aliphatic carbocycles. The highest BCUT2D eigenvalue weighted by molar-refractivity contribution is 5.51. The van der Waals surface area contributed by atoms with Gasteiger partial charge in [-0.2, -0.15) is 0 Å². The highest BCUT2D eigenvalue weighted by Crippen LogP contribution is 2.26. The molecule has 0 spiro atoms. The van der Waals surface area contributed by atoms with Crippen molar-refractivity contribution in [3.05, 3.63) is 88.0 Å². The molecule has 0 saturated carbocycles. The molecule has 1 atom stereocenters. The van der Waals surface area contributed by atoms with Gasteiger partial charge in [-0.1, -0.05) is 25.1 Å². The minimum atomic E-state index is 0.426. The van der Waals surface area contributed by atoms with Crippen molar-refractivity contribution in [1.29, 1.82) is 0 Å². The molecule has 6 heteroatoms. The van der Waals surface area contributed by atoms with Crippen molar-refractivity contribution in [2.45, 2.75) is 85.5 Å². The van der Waals surface area contributed by atoms with E-state index >= 15 is 0 Å². The number of anilines is 3. The second-order valence-electron chi connectivity index (χ2n) is 12.2. The molecule has 3 aromatic carbocycles. The lowest BCUT2D eigenvalue weighted by Crippen LogP contribution is -2.32. The highest BCUT2D eigenvalue weighted by Gasteiger charge is 2.18. The molecule has 0 aromatic heterocycles. The monoisotopic (exact) mass is 556 g/mol. The lowest BCUT2D eigenvalue weighted by Gasteiger charge is -2.31. The maximum absolute atomic E-state index is 3.43. The van der Waals surface area contributed by atoms with Crippen molar-refractivity contribution in [3.63, 3.8) is 0 Å². The van der Waals surface area contributed by atoms with Gasteiger partial charge in [0.15, 0.2) is 0 Å². The Balaban J connectivity index is 1.81. The third-order valence-corrected chi connectivity index (χ3v) is 8.42. The summed E-state index contributed by atoms with van der Waals surface area (Å²) in [5, 5.41) is 10.2. The molecule has 41 heavy (non-hydrogen) atoms. The third-order valence-electron chi connectivity index (χ3n) is 8.42. The summed E-state index contributed by atoms with van der Waals surface area (Å²) < 4.78 is 0. The van der Waals surface area contributed by atoms with Crippen LogP contribution in [-0.4, -0.2) is 55.0 Å². The highest BCUT2D eigenvalue weighted by atomic mass is 15.2. The van der Waals surface area contributed by atoms with Gasteiger partial charge >= 0.3 is 0 Å². The first kappa shape index (κ1) is 30.9. The lowest BCUT2D eigenvalue weighted by atomic mass is 10.0. The number of nitrogens with one attached hydrogen (secondary N) is 3. The zero-order valence-corrected chi connectivity index (χ0v) is 26.6. The number of rotatable bonds is 6. The van der Waals surface area contributed by atoms with Gasteiger partial charge in [0.05, 0.1) is 0 Å². The van der Waals surface area contributed by atoms with Gasteiger partial charge in [0, 0.05) is 89.6 Å². The molecule has 0 saturated heterocycles. The van der Waals surface area contributed by atoms with Crippen molar-refractivity contribution in [2.24, 2.45) is 0 Å². The summed E-state index contributed by atoms with van der Waals surface area (Å²) in [6.07, 6.45) is 1.12. The summed E-state index contributed by atoms with van der Waals surface area (Å²) in [7, 11) is 8.30. The third kappa shape index (κ3) is 8.48. The van der Waals surface area contributed by atoms with Gasteiger partial charge in [0.1, 0.15) is 0 Å². The van der Waals surface area contributed by atoms with Crippen LogP contribution < -0.4 is 16.0 Å². The number of hydrogen-bond acceptors (Lipinski definition) is 6. The lowest BCUT2D eigenvalue weighted by molar-refractivity contribution is 0.185. The zero-order valence-electron chi connectivity index (χ0n) is 26.6. The molecular weight excluding hydrogens is 504 g/mol. The molecule has 1 unspecified atom stereocenters.